The zero-order chi connectivity index (χ0) is 22.3. The van der Waals surface area contributed by atoms with Crippen molar-refractivity contribution in [2.45, 2.75) is 30.0 Å². The Morgan fingerprint density at radius 1 is 0.581 bits per heavy atom. The Hall–Kier alpha value is -2.58. The summed E-state index contributed by atoms with van der Waals surface area (Å²) in [6.45, 7) is -1.08. The van der Waals surface area contributed by atoms with E-state index >= 15 is 0 Å². The molecule has 164 valence electrons. The van der Waals surface area contributed by atoms with Gasteiger partial charge in [-0.3, -0.25) is 0 Å². The minimum Gasteiger partial charge on any atom is -0.394 e. The first-order valence-corrected chi connectivity index (χ1v) is 10.1. The van der Waals surface area contributed by atoms with Crippen molar-refractivity contribution >= 4 is 0 Å². The van der Waals surface area contributed by atoms with E-state index in [1.165, 1.54) is 0 Å². The highest BCUT2D eigenvalue weighted by atomic mass is 16.5. The Balaban J connectivity index is 2.02. The predicted octanol–water partition coefficient (Wildman–Crippen LogP) is 1.43. The van der Waals surface area contributed by atoms with Gasteiger partial charge >= 0.3 is 0 Å². The van der Waals surface area contributed by atoms with Crippen molar-refractivity contribution in [2.24, 2.45) is 0 Å². The van der Waals surface area contributed by atoms with Crippen molar-refractivity contribution in [1.29, 1.82) is 0 Å². The maximum atomic E-state index is 10.5. The molecule has 0 aliphatic rings. The highest BCUT2D eigenvalue weighted by Crippen LogP contribution is 2.40. The molecule has 3 aromatic rings. The van der Waals surface area contributed by atoms with E-state index in [1.807, 2.05) is 91.0 Å². The molecule has 0 spiro atoms. The summed E-state index contributed by atoms with van der Waals surface area (Å²) >= 11 is 0. The van der Waals surface area contributed by atoms with Crippen LogP contribution in [0.2, 0.25) is 0 Å². The van der Waals surface area contributed by atoms with Crippen LogP contribution in [-0.4, -0.2) is 63.2 Å². The molecular weight excluding hydrogens is 396 g/mol. The molecule has 3 aromatic carbocycles. The standard InChI is InChI=1S/C25H28O6/c26-16-21(27)23(29)24(30)22(28)17-31-25(18-10-4-1-5-11-18,19-12-6-2-7-13-19)20-14-8-3-9-15-20/h1-15,21-24,26-30H,16-17H2/t21-,22-,23-,24-/m1/s1. The summed E-state index contributed by atoms with van der Waals surface area (Å²) in [6.07, 6.45) is -6.51. The summed E-state index contributed by atoms with van der Waals surface area (Å²) in [4.78, 5) is 0. The largest absolute Gasteiger partial charge is 0.394 e. The van der Waals surface area contributed by atoms with Gasteiger partial charge in [-0.2, -0.15) is 0 Å². The van der Waals surface area contributed by atoms with Crippen LogP contribution in [0, 0.1) is 0 Å². The van der Waals surface area contributed by atoms with Crippen molar-refractivity contribution in [1.82, 2.24) is 0 Å². The number of hydrogen-bond donors (Lipinski definition) is 5. The molecule has 6 nitrogen and oxygen atoms in total. The van der Waals surface area contributed by atoms with Gasteiger partial charge in [0.05, 0.1) is 13.2 Å². The Kier molecular flexibility index (Phi) is 7.92. The minimum absolute atomic E-state index is 0.338. The van der Waals surface area contributed by atoms with Crippen LogP contribution < -0.4 is 0 Å². The van der Waals surface area contributed by atoms with Crippen LogP contribution in [-0.2, 0) is 10.3 Å². The second kappa shape index (κ2) is 10.6. The molecule has 0 heterocycles. The number of aliphatic hydroxyl groups excluding tert-OH is 5. The Morgan fingerprint density at radius 2 is 0.935 bits per heavy atom. The lowest BCUT2D eigenvalue weighted by atomic mass is 9.80. The van der Waals surface area contributed by atoms with Crippen molar-refractivity contribution < 1.29 is 30.3 Å². The Morgan fingerprint density at radius 3 is 1.29 bits per heavy atom. The van der Waals surface area contributed by atoms with E-state index in [0.29, 0.717) is 0 Å². The summed E-state index contributed by atoms with van der Waals surface area (Å²) in [7, 11) is 0. The lowest BCUT2D eigenvalue weighted by Crippen LogP contribution is -2.48. The van der Waals surface area contributed by atoms with Gasteiger partial charge in [-0.05, 0) is 16.7 Å². The van der Waals surface area contributed by atoms with Gasteiger partial charge in [0.15, 0.2) is 0 Å². The van der Waals surface area contributed by atoms with Crippen molar-refractivity contribution in [3.8, 4) is 0 Å². The molecule has 0 aromatic heterocycles. The molecule has 0 saturated carbocycles. The molecule has 0 bridgehead atoms. The van der Waals surface area contributed by atoms with Gasteiger partial charge in [-0.15, -0.1) is 0 Å². The molecule has 0 saturated heterocycles. The van der Waals surface area contributed by atoms with Gasteiger partial charge in [-0.25, -0.2) is 0 Å². The SMILES string of the molecule is OC[C@@H](O)[C@@H](O)[C@H](O)[C@H](O)COC(c1ccccc1)(c1ccccc1)c1ccccc1. The van der Waals surface area contributed by atoms with Crippen LogP contribution in [0.3, 0.4) is 0 Å². The number of ether oxygens (including phenoxy) is 1. The average molecular weight is 424 g/mol. The molecule has 0 aliphatic heterocycles. The third-order valence-electron chi connectivity index (χ3n) is 5.34. The maximum Gasteiger partial charge on any atom is 0.143 e. The van der Waals surface area contributed by atoms with Gasteiger partial charge in [0.25, 0.3) is 0 Å². The molecule has 3 rings (SSSR count). The lowest BCUT2D eigenvalue weighted by molar-refractivity contribution is -0.140. The lowest BCUT2D eigenvalue weighted by Gasteiger charge is -2.37. The topological polar surface area (TPSA) is 110 Å². The molecule has 4 atom stereocenters. The zero-order valence-corrected chi connectivity index (χ0v) is 17.0. The van der Waals surface area contributed by atoms with Crippen LogP contribution in [0.15, 0.2) is 91.0 Å². The van der Waals surface area contributed by atoms with Crippen LogP contribution in [0.1, 0.15) is 16.7 Å². The summed E-state index contributed by atoms with van der Waals surface area (Å²) in [5.41, 5.74) is 1.38. The van der Waals surface area contributed by atoms with E-state index in [9.17, 15) is 20.4 Å². The Labute approximate surface area is 181 Å². The summed E-state index contributed by atoms with van der Waals surface area (Å²) in [6, 6.07) is 28.6. The number of benzene rings is 3. The summed E-state index contributed by atoms with van der Waals surface area (Å²) in [5.74, 6) is 0. The molecule has 0 radical (unpaired) electrons. The first-order valence-electron chi connectivity index (χ1n) is 10.1. The van der Waals surface area contributed by atoms with E-state index in [4.69, 9.17) is 9.84 Å². The highest BCUT2D eigenvalue weighted by Gasteiger charge is 2.39. The molecular formula is C25H28O6. The van der Waals surface area contributed by atoms with Crippen molar-refractivity contribution in [3.05, 3.63) is 108 Å². The predicted molar refractivity (Wildman–Crippen MR) is 116 cm³/mol. The highest BCUT2D eigenvalue weighted by molar-refractivity contribution is 5.47. The van der Waals surface area contributed by atoms with E-state index in [1.54, 1.807) is 0 Å². The number of hydrogen-bond acceptors (Lipinski definition) is 6. The quantitative estimate of drug-likeness (QED) is 0.315. The second-order valence-electron chi connectivity index (χ2n) is 7.39. The molecule has 0 unspecified atom stereocenters. The third-order valence-corrected chi connectivity index (χ3v) is 5.34. The van der Waals surface area contributed by atoms with Gasteiger partial charge in [0.2, 0.25) is 0 Å². The Bertz CT molecular complexity index is 806. The number of aliphatic hydroxyl groups is 5. The van der Waals surface area contributed by atoms with E-state index in [0.717, 1.165) is 16.7 Å². The van der Waals surface area contributed by atoms with Crippen LogP contribution >= 0.6 is 0 Å². The molecule has 0 aliphatic carbocycles. The fourth-order valence-electron chi connectivity index (χ4n) is 3.64. The first kappa shape index (κ1) is 23.1. The fraction of sp³-hybridized carbons (Fsp3) is 0.280. The zero-order valence-electron chi connectivity index (χ0n) is 17.0. The van der Waals surface area contributed by atoms with E-state index < -0.39 is 36.6 Å². The molecule has 31 heavy (non-hydrogen) atoms. The maximum absolute atomic E-state index is 10.5. The van der Waals surface area contributed by atoms with Crippen LogP contribution in [0.25, 0.3) is 0 Å². The van der Waals surface area contributed by atoms with Crippen LogP contribution in [0.5, 0.6) is 0 Å². The van der Waals surface area contributed by atoms with Crippen molar-refractivity contribution in [2.75, 3.05) is 13.2 Å². The van der Waals surface area contributed by atoms with Gasteiger partial charge in [0, 0.05) is 0 Å². The van der Waals surface area contributed by atoms with Crippen LogP contribution in [0.4, 0.5) is 0 Å². The molecule has 6 heteroatoms. The summed E-state index contributed by atoms with van der Waals surface area (Å²) in [5, 5.41) is 49.3. The van der Waals surface area contributed by atoms with Gasteiger partial charge < -0.3 is 30.3 Å². The average Bonchev–Trinajstić information content (AvgIpc) is 2.84. The molecule has 5 N–H and O–H groups in total. The normalized spacial score (nSPS) is 15.8. The van der Waals surface area contributed by atoms with Gasteiger partial charge in [-0.1, -0.05) is 91.0 Å². The van der Waals surface area contributed by atoms with Gasteiger partial charge in [0.1, 0.15) is 30.0 Å². The summed E-state index contributed by atoms with van der Waals surface area (Å²) < 4.78 is 6.37. The molecule has 0 amide bonds. The fourth-order valence-corrected chi connectivity index (χ4v) is 3.64. The smallest absolute Gasteiger partial charge is 0.143 e. The van der Waals surface area contributed by atoms with E-state index in [2.05, 4.69) is 0 Å². The third kappa shape index (κ3) is 5.02. The number of rotatable bonds is 10. The second-order valence-corrected chi connectivity index (χ2v) is 7.39. The first-order chi connectivity index (χ1) is 15.0. The van der Waals surface area contributed by atoms with E-state index in [-0.39, 0.29) is 6.61 Å². The minimum atomic E-state index is -1.72. The monoisotopic (exact) mass is 424 g/mol. The molecule has 0 fully saturated rings. The van der Waals surface area contributed by atoms with Crippen molar-refractivity contribution in [3.63, 3.8) is 0 Å².